The first-order valence-electron chi connectivity index (χ1n) is 10.1. The van der Waals surface area contributed by atoms with Crippen LogP contribution in [0, 0.1) is 12.8 Å². The van der Waals surface area contributed by atoms with E-state index in [1.165, 1.54) is 0 Å². The zero-order chi connectivity index (χ0) is 22.1. The van der Waals surface area contributed by atoms with Gasteiger partial charge in [0.2, 0.25) is 11.8 Å². The Kier molecular flexibility index (Phi) is 5.83. The summed E-state index contributed by atoms with van der Waals surface area (Å²) in [5.74, 6) is -0.875. The van der Waals surface area contributed by atoms with Gasteiger partial charge in [0.05, 0.1) is 13.0 Å². The van der Waals surface area contributed by atoms with Gasteiger partial charge in [-0.05, 0) is 54.7 Å². The molecule has 2 aliphatic rings. The number of hydrogen-bond donors (Lipinski definition) is 2. The van der Waals surface area contributed by atoms with E-state index in [2.05, 4.69) is 10.6 Å². The highest BCUT2D eigenvalue weighted by Gasteiger charge is 2.40. The van der Waals surface area contributed by atoms with Crippen LogP contribution in [0.3, 0.4) is 0 Å². The van der Waals surface area contributed by atoms with Crippen LogP contribution < -0.4 is 15.4 Å². The number of anilines is 1. The Morgan fingerprint density at radius 3 is 2.52 bits per heavy atom. The maximum atomic E-state index is 13.1. The summed E-state index contributed by atoms with van der Waals surface area (Å²) < 4.78 is 5.19. The van der Waals surface area contributed by atoms with E-state index in [9.17, 15) is 14.4 Å². The lowest BCUT2D eigenvalue weighted by Gasteiger charge is -2.33. The van der Waals surface area contributed by atoms with Crippen molar-refractivity contribution in [2.45, 2.75) is 32.1 Å². The number of ketones is 1. The predicted octanol–water partition coefficient (Wildman–Crippen LogP) is 4.13. The van der Waals surface area contributed by atoms with E-state index in [1.807, 2.05) is 31.2 Å². The van der Waals surface area contributed by atoms with Gasteiger partial charge < -0.3 is 15.4 Å². The van der Waals surface area contributed by atoms with Crippen molar-refractivity contribution in [3.8, 4) is 5.75 Å². The van der Waals surface area contributed by atoms with Gasteiger partial charge >= 0.3 is 0 Å². The molecule has 1 heterocycles. The third kappa shape index (κ3) is 4.35. The Morgan fingerprint density at radius 1 is 1.10 bits per heavy atom. The molecule has 160 valence electrons. The van der Waals surface area contributed by atoms with Gasteiger partial charge in [0.15, 0.2) is 5.78 Å². The van der Waals surface area contributed by atoms with Crippen LogP contribution in [0.15, 0.2) is 53.7 Å². The third-order valence-corrected chi connectivity index (χ3v) is 6.29. The number of methoxy groups -OCH3 is 1. The Labute approximate surface area is 185 Å². The average Bonchev–Trinajstić information content (AvgIpc) is 2.75. The minimum atomic E-state index is -0.812. The first-order valence-corrected chi connectivity index (χ1v) is 10.5. The van der Waals surface area contributed by atoms with E-state index in [0.29, 0.717) is 34.8 Å². The van der Waals surface area contributed by atoms with Crippen molar-refractivity contribution in [2.75, 3.05) is 12.4 Å². The van der Waals surface area contributed by atoms with Gasteiger partial charge in [-0.15, -0.1) is 0 Å². The van der Waals surface area contributed by atoms with E-state index < -0.39 is 5.92 Å². The number of carbonyl (C=O) groups is 3. The van der Waals surface area contributed by atoms with Gasteiger partial charge in [0, 0.05) is 34.8 Å². The molecule has 2 aromatic rings. The van der Waals surface area contributed by atoms with Crippen LogP contribution in [0.1, 0.15) is 36.3 Å². The molecule has 4 rings (SSSR count). The van der Waals surface area contributed by atoms with Crippen molar-refractivity contribution in [3.63, 3.8) is 0 Å². The third-order valence-electron chi connectivity index (χ3n) is 5.88. The molecule has 0 fully saturated rings. The summed E-state index contributed by atoms with van der Waals surface area (Å²) in [5.41, 5.74) is 3.40. The zero-order valence-electron chi connectivity index (χ0n) is 17.3. The van der Waals surface area contributed by atoms with Gasteiger partial charge in [-0.1, -0.05) is 29.8 Å². The van der Waals surface area contributed by atoms with Crippen LogP contribution in [-0.4, -0.2) is 24.7 Å². The van der Waals surface area contributed by atoms with Crippen molar-refractivity contribution in [3.05, 3.63) is 69.9 Å². The number of amides is 2. The van der Waals surface area contributed by atoms with Crippen LogP contribution in [0.25, 0.3) is 0 Å². The van der Waals surface area contributed by atoms with Crippen LogP contribution in [-0.2, 0) is 14.4 Å². The average molecular weight is 439 g/mol. The highest BCUT2D eigenvalue weighted by atomic mass is 35.5. The van der Waals surface area contributed by atoms with Gasteiger partial charge in [-0.2, -0.15) is 0 Å². The van der Waals surface area contributed by atoms with E-state index in [4.69, 9.17) is 16.3 Å². The molecule has 2 aromatic carbocycles. The van der Waals surface area contributed by atoms with Gasteiger partial charge in [0.25, 0.3) is 0 Å². The molecule has 0 saturated carbocycles. The molecule has 2 amide bonds. The number of carbonyl (C=O) groups excluding carboxylic acids is 3. The van der Waals surface area contributed by atoms with E-state index in [1.54, 1.807) is 25.3 Å². The van der Waals surface area contributed by atoms with Crippen LogP contribution in [0.2, 0.25) is 5.02 Å². The number of allylic oxidation sites excluding steroid dienone is 1. The van der Waals surface area contributed by atoms with Gasteiger partial charge in [-0.25, -0.2) is 0 Å². The minimum Gasteiger partial charge on any atom is -0.497 e. The fraction of sp³-hybridized carbons (Fsp3) is 0.292. The molecule has 0 radical (unpaired) electrons. The van der Waals surface area contributed by atoms with Crippen LogP contribution in [0.4, 0.5) is 5.69 Å². The fourth-order valence-corrected chi connectivity index (χ4v) is 4.38. The Balaban J connectivity index is 1.58. The molecule has 0 spiro atoms. The summed E-state index contributed by atoms with van der Waals surface area (Å²) in [6.45, 7) is 1.87. The molecule has 7 heteroatoms. The summed E-state index contributed by atoms with van der Waals surface area (Å²) in [5, 5.41) is 6.17. The van der Waals surface area contributed by atoms with E-state index in [-0.39, 0.29) is 29.9 Å². The van der Waals surface area contributed by atoms with E-state index >= 15 is 0 Å². The van der Waals surface area contributed by atoms with E-state index in [0.717, 1.165) is 16.9 Å². The number of ether oxygens (including phenoxy) is 1. The molecular formula is C24H23ClN2O4. The second kappa shape index (κ2) is 8.55. The second-order valence-electron chi connectivity index (χ2n) is 7.95. The standard InChI is InChI=1S/C24H23ClN2O4/c1-13-3-6-16(11-19(13)25)26-24(30)18-12-22(29)27-20-9-15(10-21(28)23(18)20)14-4-7-17(31-2)8-5-14/h3-8,11,15,18H,9-10,12H2,1-2H3,(H,26,30)(H,27,29). The van der Waals surface area contributed by atoms with Gasteiger partial charge in [-0.3, -0.25) is 14.4 Å². The van der Waals surface area contributed by atoms with Crippen molar-refractivity contribution in [2.24, 2.45) is 5.92 Å². The van der Waals surface area contributed by atoms with Crippen molar-refractivity contribution in [1.29, 1.82) is 0 Å². The summed E-state index contributed by atoms with van der Waals surface area (Å²) in [4.78, 5) is 38.4. The molecule has 0 aromatic heterocycles. The van der Waals surface area contributed by atoms with Crippen molar-refractivity contribution < 1.29 is 19.1 Å². The quantitative estimate of drug-likeness (QED) is 0.751. The number of rotatable bonds is 4. The molecule has 6 nitrogen and oxygen atoms in total. The molecule has 2 N–H and O–H groups in total. The normalized spacial score (nSPS) is 20.7. The Morgan fingerprint density at radius 2 is 1.84 bits per heavy atom. The Hall–Kier alpha value is -3.12. The maximum Gasteiger partial charge on any atom is 0.232 e. The molecule has 31 heavy (non-hydrogen) atoms. The summed E-state index contributed by atoms with van der Waals surface area (Å²) in [6, 6.07) is 12.8. The molecule has 1 aliphatic heterocycles. The molecule has 1 aliphatic carbocycles. The van der Waals surface area contributed by atoms with Gasteiger partial charge in [0.1, 0.15) is 5.75 Å². The lowest BCUT2D eigenvalue weighted by molar-refractivity contribution is -0.129. The summed E-state index contributed by atoms with van der Waals surface area (Å²) in [6.07, 6.45) is 0.740. The SMILES string of the molecule is COc1ccc(C2CC(=O)C3=C(C2)NC(=O)CC3C(=O)Nc2ccc(C)c(Cl)c2)cc1. The lowest BCUT2D eigenvalue weighted by Crippen LogP contribution is -2.43. The smallest absolute Gasteiger partial charge is 0.232 e. The maximum absolute atomic E-state index is 13.1. The predicted molar refractivity (Wildman–Crippen MR) is 118 cm³/mol. The number of aryl methyl sites for hydroxylation is 1. The van der Waals surface area contributed by atoms with Crippen molar-refractivity contribution in [1.82, 2.24) is 5.32 Å². The number of Topliss-reactive ketones (excluding diaryl/α,β-unsaturated/α-hetero) is 1. The first-order chi connectivity index (χ1) is 14.9. The molecule has 2 unspecified atom stereocenters. The topological polar surface area (TPSA) is 84.5 Å². The zero-order valence-corrected chi connectivity index (χ0v) is 18.1. The lowest BCUT2D eigenvalue weighted by atomic mass is 9.75. The van der Waals surface area contributed by atoms with Crippen molar-refractivity contribution >= 4 is 34.9 Å². The number of hydrogen-bond acceptors (Lipinski definition) is 4. The summed E-state index contributed by atoms with van der Waals surface area (Å²) >= 11 is 6.15. The second-order valence-corrected chi connectivity index (χ2v) is 8.36. The minimum absolute atomic E-state index is 0.0524. The molecule has 0 saturated heterocycles. The number of nitrogens with one attached hydrogen (secondary N) is 2. The van der Waals surface area contributed by atoms with Crippen LogP contribution in [0.5, 0.6) is 5.75 Å². The monoisotopic (exact) mass is 438 g/mol. The molecular weight excluding hydrogens is 416 g/mol. The fourth-order valence-electron chi connectivity index (χ4n) is 4.20. The largest absolute Gasteiger partial charge is 0.497 e. The highest BCUT2D eigenvalue weighted by Crippen LogP contribution is 2.39. The van der Waals surface area contributed by atoms with Crippen LogP contribution >= 0.6 is 11.6 Å². The number of benzene rings is 2. The highest BCUT2D eigenvalue weighted by molar-refractivity contribution is 6.31. The molecule has 0 bridgehead atoms. The summed E-state index contributed by atoms with van der Waals surface area (Å²) in [7, 11) is 1.60. The number of halogens is 1. The Bertz CT molecular complexity index is 1090. The molecule has 2 atom stereocenters. The first kappa shape index (κ1) is 21.1.